The third kappa shape index (κ3) is 2.66. The van der Waals surface area contributed by atoms with E-state index in [1.807, 2.05) is 12.3 Å². The van der Waals surface area contributed by atoms with Gasteiger partial charge in [0, 0.05) is 43.7 Å². The second kappa shape index (κ2) is 5.19. The Labute approximate surface area is 115 Å². The van der Waals surface area contributed by atoms with Crippen molar-refractivity contribution in [1.29, 1.82) is 0 Å². The van der Waals surface area contributed by atoms with Crippen molar-refractivity contribution < 1.29 is 4.74 Å². The van der Waals surface area contributed by atoms with Gasteiger partial charge in [-0.1, -0.05) is 6.07 Å². The van der Waals surface area contributed by atoms with E-state index < -0.39 is 0 Å². The minimum Gasteiger partial charge on any atom is -0.380 e. The van der Waals surface area contributed by atoms with Crippen molar-refractivity contribution in [3.8, 4) is 0 Å². The molecule has 2 aliphatic heterocycles. The standard InChI is InChI=1S/C15H23N3O/c1-17(2)10-15-11-18(7-13(15)9-19-12-15)8-14-5-3-4-6-16-14/h3-6,13H,7-12H2,1-2H3/t13-,15+/m1/s1. The molecule has 2 fully saturated rings. The van der Waals surface area contributed by atoms with Crippen LogP contribution in [0.2, 0.25) is 0 Å². The van der Waals surface area contributed by atoms with Crippen LogP contribution in [0.4, 0.5) is 0 Å². The third-order valence-corrected chi connectivity index (χ3v) is 4.33. The average Bonchev–Trinajstić information content (AvgIpc) is 2.85. The quantitative estimate of drug-likeness (QED) is 0.811. The van der Waals surface area contributed by atoms with Gasteiger partial charge in [0.05, 0.1) is 18.9 Å². The summed E-state index contributed by atoms with van der Waals surface area (Å²) in [6.07, 6.45) is 1.88. The van der Waals surface area contributed by atoms with Gasteiger partial charge in [0.25, 0.3) is 0 Å². The molecule has 1 aromatic rings. The highest BCUT2D eigenvalue weighted by Gasteiger charge is 2.50. The first-order chi connectivity index (χ1) is 9.18. The second-order valence-corrected chi connectivity index (χ2v) is 6.30. The molecule has 1 aromatic heterocycles. The molecule has 104 valence electrons. The zero-order chi connectivity index (χ0) is 13.3. The van der Waals surface area contributed by atoms with Crippen LogP contribution in [0.5, 0.6) is 0 Å². The van der Waals surface area contributed by atoms with Crippen LogP contribution in [0, 0.1) is 11.3 Å². The van der Waals surface area contributed by atoms with E-state index in [0.717, 1.165) is 39.4 Å². The Hall–Kier alpha value is -0.970. The molecule has 0 radical (unpaired) electrons. The lowest BCUT2D eigenvalue weighted by atomic mass is 9.81. The lowest BCUT2D eigenvalue weighted by Gasteiger charge is -2.30. The van der Waals surface area contributed by atoms with Crippen LogP contribution in [-0.2, 0) is 11.3 Å². The molecule has 4 nitrogen and oxygen atoms in total. The predicted octanol–water partition coefficient (Wildman–Crippen LogP) is 1.09. The number of rotatable bonds is 4. The maximum atomic E-state index is 5.75. The Morgan fingerprint density at radius 1 is 1.47 bits per heavy atom. The van der Waals surface area contributed by atoms with Gasteiger partial charge in [-0.3, -0.25) is 9.88 Å². The Balaban J connectivity index is 1.68. The first-order valence-corrected chi connectivity index (χ1v) is 7.03. The fourth-order valence-corrected chi connectivity index (χ4v) is 3.64. The molecule has 0 aromatic carbocycles. The summed E-state index contributed by atoms with van der Waals surface area (Å²) in [5.41, 5.74) is 1.50. The zero-order valence-electron chi connectivity index (χ0n) is 11.9. The van der Waals surface area contributed by atoms with Crippen molar-refractivity contribution in [2.24, 2.45) is 11.3 Å². The maximum Gasteiger partial charge on any atom is 0.0551 e. The molecule has 2 atom stereocenters. The molecule has 2 saturated heterocycles. The number of likely N-dealkylation sites (tertiary alicyclic amines) is 1. The fourth-order valence-electron chi connectivity index (χ4n) is 3.64. The second-order valence-electron chi connectivity index (χ2n) is 6.30. The van der Waals surface area contributed by atoms with Crippen molar-refractivity contribution in [3.63, 3.8) is 0 Å². The van der Waals surface area contributed by atoms with Gasteiger partial charge in [-0.25, -0.2) is 0 Å². The Morgan fingerprint density at radius 2 is 2.37 bits per heavy atom. The molecular formula is C15H23N3O. The summed E-state index contributed by atoms with van der Waals surface area (Å²) in [7, 11) is 4.32. The number of aromatic nitrogens is 1. The summed E-state index contributed by atoms with van der Waals surface area (Å²) in [5.74, 6) is 0.679. The van der Waals surface area contributed by atoms with Gasteiger partial charge >= 0.3 is 0 Å². The van der Waals surface area contributed by atoms with E-state index >= 15 is 0 Å². The van der Waals surface area contributed by atoms with Crippen LogP contribution in [-0.4, -0.2) is 61.7 Å². The lowest BCUT2D eigenvalue weighted by molar-refractivity contribution is 0.109. The SMILES string of the molecule is CN(C)C[C@]12COC[C@H]1CN(Cc1ccccn1)C2. The monoisotopic (exact) mass is 261 g/mol. The highest BCUT2D eigenvalue weighted by atomic mass is 16.5. The third-order valence-electron chi connectivity index (χ3n) is 4.33. The van der Waals surface area contributed by atoms with Crippen LogP contribution in [0.1, 0.15) is 5.69 Å². The van der Waals surface area contributed by atoms with Crippen LogP contribution in [0.15, 0.2) is 24.4 Å². The Bertz CT molecular complexity index is 423. The van der Waals surface area contributed by atoms with E-state index in [9.17, 15) is 0 Å². The summed E-state index contributed by atoms with van der Waals surface area (Å²) < 4.78 is 5.75. The summed E-state index contributed by atoms with van der Waals surface area (Å²) in [4.78, 5) is 9.27. The van der Waals surface area contributed by atoms with E-state index in [2.05, 4.69) is 41.0 Å². The van der Waals surface area contributed by atoms with Gasteiger partial charge in [0.2, 0.25) is 0 Å². The number of hydrogen-bond acceptors (Lipinski definition) is 4. The van der Waals surface area contributed by atoms with Crippen LogP contribution in [0.3, 0.4) is 0 Å². The molecule has 2 aliphatic rings. The zero-order valence-corrected chi connectivity index (χ0v) is 11.9. The van der Waals surface area contributed by atoms with Crippen molar-refractivity contribution in [2.75, 3.05) is 46.9 Å². The number of ether oxygens (including phenoxy) is 1. The van der Waals surface area contributed by atoms with Gasteiger partial charge in [-0.2, -0.15) is 0 Å². The van der Waals surface area contributed by atoms with Crippen LogP contribution >= 0.6 is 0 Å². The minimum atomic E-state index is 0.332. The van der Waals surface area contributed by atoms with E-state index in [1.165, 1.54) is 5.69 Å². The summed E-state index contributed by atoms with van der Waals surface area (Å²) in [6, 6.07) is 6.16. The van der Waals surface area contributed by atoms with E-state index in [-0.39, 0.29) is 0 Å². The molecule has 0 bridgehead atoms. The highest BCUT2D eigenvalue weighted by molar-refractivity contribution is 5.06. The smallest absolute Gasteiger partial charge is 0.0551 e. The molecule has 4 heteroatoms. The molecule has 0 aliphatic carbocycles. The van der Waals surface area contributed by atoms with Crippen LogP contribution in [0.25, 0.3) is 0 Å². The molecule has 0 N–H and O–H groups in total. The van der Waals surface area contributed by atoms with Gasteiger partial charge in [0.15, 0.2) is 0 Å². The molecular weight excluding hydrogens is 238 g/mol. The van der Waals surface area contributed by atoms with Crippen molar-refractivity contribution in [1.82, 2.24) is 14.8 Å². The Morgan fingerprint density at radius 3 is 3.11 bits per heavy atom. The van der Waals surface area contributed by atoms with E-state index in [1.54, 1.807) is 0 Å². The van der Waals surface area contributed by atoms with Gasteiger partial charge < -0.3 is 9.64 Å². The summed E-state index contributed by atoms with van der Waals surface area (Å²) >= 11 is 0. The van der Waals surface area contributed by atoms with Crippen molar-refractivity contribution >= 4 is 0 Å². The number of fused-ring (bicyclic) bond motifs is 1. The van der Waals surface area contributed by atoms with Crippen molar-refractivity contribution in [3.05, 3.63) is 30.1 Å². The first kappa shape index (κ1) is 13.0. The van der Waals surface area contributed by atoms with Gasteiger partial charge in [-0.05, 0) is 26.2 Å². The predicted molar refractivity (Wildman–Crippen MR) is 74.8 cm³/mol. The van der Waals surface area contributed by atoms with Gasteiger partial charge in [0.1, 0.15) is 0 Å². The highest BCUT2D eigenvalue weighted by Crippen LogP contribution is 2.41. The molecule has 0 amide bonds. The molecule has 0 spiro atoms. The summed E-state index contributed by atoms with van der Waals surface area (Å²) in [5, 5.41) is 0. The minimum absolute atomic E-state index is 0.332. The average molecular weight is 261 g/mol. The number of pyridine rings is 1. The van der Waals surface area contributed by atoms with Crippen molar-refractivity contribution in [2.45, 2.75) is 6.54 Å². The molecule has 19 heavy (non-hydrogen) atoms. The topological polar surface area (TPSA) is 28.6 Å². The van der Waals surface area contributed by atoms with E-state index in [4.69, 9.17) is 4.74 Å². The Kier molecular flexibility index (Phi) is 3.56. The maximum absolute atomic E-state index is 5.75. The van der Waals surface area contributed by atoms with Crippen LogP contribution < -0.4 is 0 Å². The number of nitrogens with zero attached hydrogens (tertiary/aromatic N) is 3. The summed E-state index contributed by atoms with van der Waals surface area (Å²) in [6.45, 7) is 6.20. The first-order valence-electron chi connectivity index (χ1n) is 7.03. The van der Waals surface area contributed by atoms with E-state index in [0.29, 0.717) is 11.3 Å². The molecule has 3 rings (SSSR count). The number of hydrogen-bond donors (Lipinski definition) is 0. The van der Waals surface area contributed by atoms with Gasteiger partial charge in [-0.15, -0.1) is 0 Å². The largest absolute Gasteiger partial charge is 0.380 e. The fraction of sp³-hybridized carbons (Fsp3) is 0.667. The lowest BCUT2D eigenvalue weighted by Crippen LogP contribution is -2.40. The normalized spacial score (nSPS) is 31.0. The molecule has 0 saturated carbocycles. The molecule has 0 unspecified atom stereocenters. The molecule has 3 heterocycles.